The molecule has 0 aliphatic carbocycles. The average Bonchev–Trinajstić information content (AvgIpc) is 2.60. The Hall–Kier alpha value is -2.44. The first-order valence-electron chi connectivity index (χ1n) is 7.82. The van der Waals surface area contributed by atoms with Gasteiger partial charge in [-0.15, -0.1) is 0 Å². The van der Waals surface area contributed by atoms with E-state index in [1.165, 1.54) is 44.4 Å². The van der Waals surface area contributed by atoms with Gasteiger partial charge < -0.3 is 4.74 Å². The molecule has 0 spiro atoms. The van der Waals surface area contributed by atoms with Gasteiger partial charge in [-0.25, -0.2) is 12.7 Å². The number of hydrogen-bond acceptors (Lipinski definition) is 4. The number of benzene rings is 2. The highest BCUT2D eigenvalue weighted by Crippen LogP contribution is 2.16. The molecular weight excluding hydrogens is 338 g/mol. The normalized spacial score (nSPS) is 11.8. The number of sulfonamides is 1. The van der Waals surface area contributed by atoms with Crippen molar-refractivity contribution in [3.8, 4) is 5.75 Å². The van der Waals surface area contributed by atoms with Crippen molar-refractivity contribution in [1.29, 1.82) is 0 Å². The molecule has 0 fully saturated rings. The Morgan fingerprint density at radius 1 is 1.12 bits per heavy atom. The van der Waals surface area contributed by atoms with E-state index in [0.29, 0.717) is 12.2 Å². The number of ether oxygens (including phenoxy) is 1. The lowest BCUT2D eigenvalue weighted by molar-refractivity contribution is 0.104. The fourth-order valence-corrected chi connectivity index (χ4v) is 3.05. The molecule has 0 radical (unpaired) electrons. The van der Waals surface area contributed by atoms with Crippen molar-refractivity contribution in [2.75, 3.05) is 20.7 Å². The van der Waals surface area contributed by atoms with E-state index >= 15 is 0 Å². The second-order valence-corrected chi connectivity index (χ2v) is 7.67. The van der Waals surface area contributed by atoms with E-state index < -0.39 is 10.0 Å². The molecule has 0 saturated carbocycles. The van der Waals surface area contributed by atoms with Crippen LogP contribution in [-0.4, -0.2) is 39.2 Å². The second-order valence-electron chi connectivity index (χ2n) is 5.51. The molecule has 0 saturated heterocycles. The zero-order valence-electron chi connectivity index (χ0n) is 14.5. The fraction of sp³-hybridized carbons (Fsp3) is 0.211. The van der Waals surface area contributed by atoms with Crippen molar-refractivity contribution in [2.24, 2.45) is 0 Å². The molecular formula is C19H21NO4S. The third-order valence-electron chi connectivity index (χ3n) is 3.51. The minimum atomic E-state index is -3.49. The van der Waals surface area contributed by atoms with Gasteiger partial charge in [0.15, 0.2) is 5.78 Å². The van der Waals surface area contributed by atoms with E-state index in [-0.39, 0.29) is 10.7 Å². The van der Waals surface area contributed by atoms with Gasteiger partial charge in [0.05, 0.1) is 11.5 Å². The Balaban J connectivity index is 2.15. The first kappa shape index (κ1) is 18.9. The number of hydrogen-bond donors (Lipinski definition) is 0. The maximum Gasteiger partial charge on any atom is 0.242 e. The predicted octanol–water partition coefficient (Wildman–Crippen LogP) is 3.23. The molecule has 5 nitrogen and oxygen atoms in total. The maximum absolute atomic E-state index is 12.2. The summed E-state index contributed by atoms with van der Waals surface area (Å²) in [6, 6.07) is 13.3. The van der Waals surface area contributed by atoms with Crippen molar-refractivity contribution in [3.05, 3.63) is 65.7 Å². The Kier molecular flexibility index (Phi) is 6.12. The number of nitrogens with zero attached hydrogens (tertiary/aromatic N) is 1. The summed E-state index contributed by atoms with van der Waals surface area (Å²) >= 11 is 0. The van der Waals surface area contributed by atoms with Gasteiger partial charge in [0, 0.05) is 19.7 Å². The smallest absolute Gasteiger partial charge is 0.242 e. The molecule has 2 rings (SSSR count). The quantitative estimate of drug-likeness (QED) is 0.562. The SMILES string of the molecule is CCOc1cccc(/C=C/C(=O)c2ccc(S(=O)(=O)N(C)C)cc2)c1. The number of carbonyl (C=O) groups excluding carboxylic acids is 1. The third-order valence-corrected chi connectivity index (χ3v) is 5.34. The molecule has 0 unspecified atom stereocenters. The minimum Gasteiger partial charge on any atom is -0.494 e. The third kappa shape index (κ3) is 4.78. The fourth-order valence-electron chi connectivity index (χ4n) is 2.14. The molecule has 25 heavy (non-hydrogen) atoms. The van der Waals surface area contributed by atoms with Crippen LogP contribution in [0.3, 0.4) is 0 Å². The summed E-state index contributed by atoms with van der Waals surface area (Å²) in [6.45, 7) is 2.49. The summed E-state index contributed by atoms with van der Waals surface area (Å²) < 4.78 is 30.6. The first-order chi connectivity index (χ1) is 11.8. The second kappa shape index (κ2) is 8.09. The predicted molar refractivity (Wildman–Crippen MR) is 98.3 cm³/mol. The van der Waals surface area contributed by atoms with Crippen LogP contribution in [0.1, 0.15) is 22.8 Å². The molecule has 0 amide bonds. The van der Waals surface area contributed by atoms with Gasteiger partial charge in [-0.1, -0.05) is 18.2 Å². The minimum absolute atomic E-state index is 0.155. The van der Waals surface area contributed by atoms with E-state index in [0.717, 1.165) is 15.6 Å². The molecule has 0 aromatic heterocycles. The maximum atomic E-state index is 12.2. The van der Waals surface area contributed by atoms with Crippen molar-refractivity contribution in [3.63, 3.8) is 0 Å². The summed E-state index contributed by atoms with van der Waals surface area (Å²) in [5.41, 5.74) is 1.28. The first-order valence-corrected chi connectivity index (χ1v) is 9.26. The van der Waals surface area contributed by atoms with Crippen LogP contribution in [0.5, 0.6) is 5.75 Å². The number of ketones is 1. The molecule has 0 bridgehead atoms. The van der Waals surface area contributed by atoms with Crippen molar-refractivity contribution < 1.29 is 17.9 Å². The van der Waals surface area contributed by atoms with E-state index in [1.54, 1.807) is 6.08 Å². The summed E-state index contributed by atoms with van der Waals surface area (Å²) in [5, 5.41) is 0. The van der Waals surface area contributed by atoms with Gasteiger partial charge in [0.1, 0.15) is 5.75 Å². The highest BCUT2D eigenvalue weighted by molar-refractivity contribution is 7.89. The summed E-state index contributed by atoms with van der Waals surface area (Å²) in [6.07, 6.45) is 3.16. The van der Waals surface area contributed by atoms with E-state index in [1.807, 2.05) is 31.2 Å². The zero-order chi connectivity index (χ0) is 18.4. The molecule has 0 aliphatic heterocycles. The van der Waals surface area contributed by atoms with Gasteiger partial charge in [0.2, 0.25) is 10.0 Å². The summed E-state index contributed by atoms with van der Waals surface area (Å²) in [7, 11) is -0.563. The lowest BCUT2D eigenvalue weighted by atomic mass is 10.1. The van der Waals surface area contributed by atoms with Crippen LogP contribution in [0, 0.1) is 0 Å². The van der Waals surface area contributed by atoms with Crippen LogP contribution in [-0.2, 0) is 10.0 Å². The molecule has 0 heterocycles. The van der Waals surface area contributed by atoms with Crippen LogP contribution in [0.2, 0.25) is 0 Å². The highest BCUT2D eigenvalue weighted by atomic mass is 32.2. The van der Waals surface area contributed by atoms with E-state index in [2.05, 4.69) is 0 Å². The van der Waals surface area contributed by atoms with Gasteiger partial charge in [-0.3, -0.25) is 4.79 Å². The molecule has 0 atom stereocenters. The Morgan fingerprint density at radius 3 is 2.40 bits per heavy atom. The highest BCUT2D eigenvalue weighted by Gasteiger charge is 2.17. The number of rotatable bonds is 7. The number of carbonyl (C=O) groups is 1. The van der Waals surface area contributed by atoms with Crippen LogP contribution >= 0.6 is 0 Å². The molecule has 0 N–H and O–H groups in total. The van der Waals surface area contributed by atoms with Crippen molar-refractivity contribution in [1.82, 2.24) is 4.31 Å². The molecule has 2 aromatic rings. The van der Waals surface area contributed by atoms with Gasteiger partial charge in [0.25, 0.3) is 0 Å². The van der Waals surface area contributed by atoms with Crippen LogP contribution in [0.25, 0.3) is 6.08 Å². The average molecular weight is 359 g/mol. The van der Waals surface area contributed by atoms with Crippen molar-refractivity contribution >= 4 is 21.9 Å². The lowest BCUT2D eigenvalue weighted by Gasteiger charge is -2.11. The van der Waals surface area contributed by atoms with Crippen molar-refractivity contribution in [2.45, 2.75) is 11.8 Å². The molecule has 0 aliphatic rings. The van der Waals surface area contributed by atoms with Crippen LogP contribution < -0.4 is 4.74 Å². The monoisotopic (exact) mass is 359 g/mol. The summed E-state index contributed by atoms with van der Waals surface area (Å²) in [5.74, 6) is 0.547. The van der Waals surface area contributed by atoms with E-state index in [9.17, 15) is 13.2 Å². The van der Waals surface area contributed by atoms with Gasteiger partial charge in [-0.2, -0.15) is 0 Å². The number of allylic oxidation sites excluding steroid dienone is 1. The molecule has 2 aromatic carbocycles. The van der Waals surface area contributed by atoms with Gasteiger partial charge in [-0.05, 0) is 55.0 Å². The largest absolute Gasteiger partial charge is 0.494 e. The lowest BCUT2D eigenvalue weighted by Crippen LogP contribution is -2.22. The molecule has 6 heteroatoms. The summed E-state index contributed by atoms with van der Waals surface area (Å²) in [4.78, 5) is 12.4. The Bertz CT molecular complexity index is 869. The Morgan fingerprint density at radius 2 is 1.80 bits per heavy atom. The Labute approximate surface area is 148 Å². The molecule has 132 valence electrons. The van der Waals surface area contributed by atoms with Crippen LogP contribution in [0.4, 0.5) is 0 Å². The van der Waals surface area contributed by atoms with E-state index in [4.69, 9.17) is 4.74 Å². The zero-order valence-corrected chi connectivity index (χ0v) is 15.3. The topological polar surface area (TPSA) is 63.7 Å². The van der Waals surface area contributed by atoms with Gasteiger partial charge >= 0.3 is 0 Å². The standard InChI is InChI=1S/C19H21NO4S/c1-4-24-17-7-5-6-15(14-17)8-13-19(21)16-9-11-18(12-10-16)25(22,23)20(2)3/h5-14H,4H2,1-3H3/b13-8+. The van der Waals surface area contributed by atoms with Crippen LogP contribution in [0.15, 0.2) is 59.5 Å².